The molecule has 4 rings (SSSR count). The zero-order valence-electron chi connectivity index (χ0n) is 21.3. The highest BCUT2D eigenvalue weighted by molar-refractivity contribution is 5.89. The molecule has 1 aromatic carbocycles. The SMILES string of the molecule is CC(O)C(C)OC(=O)C1CC2c3cccc4c3c(cn4C(C)C)CC2N(C)C1.O=C([O-])/C=C\C(=O)[O-]. The Labute approximate surface area is 211 Å². The average Bonchev–Trinajstić information content (AvgIpc) is 3.18. The van der Waals surface area contributed by atoms with Gasteiger partial charge in [-0.2, -0.15) is 0 Å². The minimum absolute atomic E-state index is 0.156. The van der Waals surface area contributed by atoms with Crippen molar-refractivity contribution in [3.05, 3.63) is 47.7 Å². The van der Waals surface area contributed by atoms with E-state index < -0.39 is 24.1 Å². The predicted molar refractivity (Wildman–Crippen MR) is 130 cm³/mol. The fourth-order valence-electron chi connectivity index (χ4n) is 5.19. The number of ether oxygens (including phenoxy) is 1. The molecule has 1 aliphatic heterocycles. The van der Waals surface area contributed by atoms with E-state index in [2.05, 4.69) is 54.8 Å². The maximum atomic E-state index is 12.8. The number of aliphatic hydroxyl groups is 1. The number of fused-ring (bicyclic) bond motifs is 2. The number of likely N-dealkylation sites (N-methyl/N-ethyl adjacent to an activating group) is 1. The number of likely N-dealkylation sites (tertiary alicyclic amines) is 1. The van der Waals surface area contributed by atoms with E-state index in [-0.39, 0.29) is 11.9 Å². The van der Waals surface area contributed by atoms with E-state index in [9.17, 15) is 29.7 Å². The summed E-state index contributed by atoms with van der Waals surface area (Å²) >= 11 is 0. The molecule has 1 fully saturated rings. The van der Waals surface area contributed by atoms with Gasteiger partial charge in [-0.25, -0.2) is 0 Å². The highest BCUT2D eigenvalue weighted by atomic mass is 16.6. The molecule has 9 nitrogen and oxygen atoms in total. The number of rotatable bonds is 6. The van der Waals surface area contributed by atoms with Crippen molar-refractivity contribution in [3.8, 4) is 0 Å². The first-order chi connectivity index (χ1) is 16.9. The van der Waals surface area contributed by atoms with Crippen LogP contribution in [0.25, 0.3) is 10.9 Å². The van der Waals surface area contributed by atoms with Gasteiger partial charge in [0.05, 0.1) is 24.0 Å². The molecular weight excluding hydrogens is 464 g/mol. The summed E-state index contributed by atoms with van der Waals surface area (Å²) in [6.07, 6.45) is 3.81. The van der Waals surface area contributed by atoms with Crippen LogP contribution >= 0.6 is 0 Å². The Hall–Kier alpha value is -3.17. The van der Waals surface area contributed by atoms with Crippen molar-refractivity contribution in [2.75, 3.05) is 13.6 Å². The molecule has 1 N–H and O–H groups in total. The second-order valence-corrected chi connectivity index (χ2v) is 10.0. The quantitative estimate of drug-likeness (QED) is 0.450. The van der Waals surface area contributed by atoms with E-state index in [1.165, 1.54) is 22.0 Å². The lowest BCUT2D eigenvalue weighted by Gasteiger charge is -2.45. The Kier molecular flexibility index (Phi) is 8.58. The van der Waals surface area contributed by atoms with E-state index in [0.29, 0.717) is 36.7 Å². The van der Waals surface area contributed by atoms with Crippen LogP contribution in [0.2, 0.25) is 0 Å². The number of carboxylic acid groups (broad SMARTS) is 2. The third kappa shape index (κ3) is 5.96. The monoisotopic (exact) mass is 498 g/mol. The summed E-state index contributed by atoms with van der Waals surface area (Å²) in [5.41, 5.74) is 4.10. The van der Waals surface area contributed by atoms with Gasteiger partial charge in [0.25, 0.3) is 0 Å². The van der Waals surface area contributed by atoms with Crippen LogP contribution in [0.5, 0.6) is 0 Å². The molecule has 1 aromatic heterocycles. The molecule has 196 valence electrons. The second-order valence-electron chi connectivity index (χ2n) is 10.0. The van der Waals surface area contributed by atoms with Gasteiger partial charge in [-0.3, -0.25) is 4.79 Å². The number of aliphatic carboxylic acids is 2. The summed E-state index contributed by atoms with van der Waals surface area (Å²) in [5.74, 6) is -3.10. The summed E-state index contributed by atoms with van der Waals surface area (Å²) < 4.78 is 7.91. The third-order valence-electron chi connectivity index (χ3n) is 7.10. The summed E-state index contributed by atoms with van der Waals surface area (Å²) in [6.45, 7) is 8.57. The Balaban J connectivity index is 0.000000392. The van der Waals surface area contributed by atoms with Crippen LogP contribution in [0, 0.1) is 5.92 Å². The molecule has 2 heterocycles. The summed E-state index contributed by atoms with van der Waals surface area (Å²) in [4.78, 5) is 33.9. The molecular formula is C27H34N2O7-2. The first-order valence-electron chi connectivity index (χ1n) is 12.2. The summed E-state index contributed by atoms with van der Waals surface area (Å²) in [5, 5.41) is 29.9. The molecule has 1 aliphatic carbocycles. The molecule has 0 bridgehead atoms. The number of carboxylic acids is 2. The summed E-state index contributed by atoms with van der Waals surface area (Å²) in [7, 11) is 2.12. The van der Waals surface area contributed by atoms with E-state index in [1.807, 2.05) is 0 Å². The van der Waals surface area contributed by atoms with Gasteiger partial charge in [0.15, 0.2) is 0 Å². The van der Waals surface area contributed by atoms with E-state index >= 15 is 0 Å². The molecule has 0 amide bonds. The Morgan fingerprint density at radius 1 is 1.11 bits per heavy atom. The smallest absolute Gasteiger partial charge is 0.310 e. The Bertz CT molecular complexity index is 1130. The van der Waals surface area contributed by atoms with Gasteiger partial charge in [-0.05, 0) is 76.9 Å². The maximum Gasteiger partial charge on any atom is 0.310 e. The lowest BCUT2D eigenvalue weighted by Crippen LogP contribution is -2.50. The fraction of sp³-hybridized carbons (Fsp3) is 0.519. The maximum absolute atomic E-state index is 12.8. The van der Waals surface area contributed by atoms with Crippen molar-refractivity contribution in [2.45, 2.75) is 70.7 Å². The first kappa shape index (κ1) is 27.4. The highest BCUT2D eigenvalue weighted by Crippen LogP contribution is 2.45. The fourth-order valence-corrected chi connectivity index (χ4v) is 5.19. The van der Waals surface area contributed by atoms with Crippen molar-refractivity contribution in [1.82, 2.24) is 9.47 Å². The van der Waals surface area contributed by atoms with Gasteiger partial charge in [0.2, 0.25) is 0 Å². The highest BCUT2D eigenvalue weighted by Gasteiger charge is 2.42. The predicted octanol–water partition coefficient (Wildman–Crippen LogP) is 0.537. The summed E-state index contributed by atoms with van der Waals surface area (Å²) in [6, 6.07) is 7.45. The van der Waals surface area contributed by atoms with Crippen molar-refractivity contribution < 1.29 is 34.4 Å². The molecule has 2 aliphatic rings. The molecule has 1 saturated heterocycles. The van der Waals surface area contributed by atoms with Crippen molar-refractivity contribution in [2.24, 2.45) is 5.92 Å². The minimum atomic E-state index is -1.55. The number of aliphatic hydroxyl groups excluding tert-OH is 1. The van der Waals surface area contributed by atoms with Crippen LogP contribution in [-0.4, -0.2) is 64.3 Å². The number of hydrogen-bond acceptors (Lipinski definition) is 8. The first-order valence-corrected chi connectivity index (χ1v) is 12.2. The van der Waals surface area contributed by atoms with E-state index in [1.54, 1.807) is 13.8 Å². The van der Waals surface area contributed by atoms with Gasteiger partial charge in [0, 0.05) is 41.6 Å². The number of esters is 1. The van der Waals surface area contributed by atoms with Gasteiger partial charge in [-0.1, -0.05) is 12.1 Å². The normalized spacial score (nSPS) is 23.0. The molecule has 2 aromatic rings. The van der Waals surface area contributed by atoms with Crippen LogP contribution in [0.15, 0.2) is 36.5 Å². The standard InChI is InChI=1S/C23H32N2O3.C4H4O4/c1-13(2)25-12-16-10-21-19(18-7-6-8-20(25)22(16)18)9-17(11-24(21)5)23(27)28-15(4)14(3)26;5-3(6)1-2-4(7)8/h6-8,12-15,17,19,21,26H,9-11H2,1-5H3;1-2H,(H,5,6)(H,7,8)/p-2/b;2-1-. The number of hydrogen-bond donors (Lipinski definition) is 1. The molecule has 0 radical (unpaired) electrons. The molecule has 0 spiro atoms. The topological polar surface area (TPSA) is 135 Å². The number of nitrogens with zero attached hydrogens (tertiary/aromatic N) is 2. The zero-order chi connectivity index (χ0) is 26.7. The van der Waals surface area contributed by atoms with Crippen LogP contribution < -0.4 is 10.2 Å². The average molecular weight is 499 g/mol. The Morgan fingerprint density at radius 2 is 1.75 bits per heavy atom. The van der Waals surface area contributed by atoms with Crippen LogP contribution in [0.3, 0.4) is 0 Å². The van der Waals surface area contributed by atoms with Crippen LogP contribution in [0.4, 0.5) is 0 Å². The molecule has 5 atom stereocenters. The van der Waals surface area contributed by atoms with Crippen molar-refractivity contribution in [3.63, 3.8) is 0 Å². The lowest BCUT2D eigenvalue weighted by atomic mass is 9.72. The van der Waals surface area contributed by atoms with Gasteiger partial charge in [0.1, 0.15) is 6.10 Å². The number of carbonyl (C=O) groups excluding carboxylic acids is 3. The number of aromatic nitrogens is 1. The lowest BCUT2D eigenvalue weighted by molar-refractivity contribution is -0.301. The molecule has 0 saturated carbocycles. The molecule has 36 heavy (non-hydrogen) atoms. The third-order valence-corrected chi connectivity index (χ3v) is 7.10. The number of piperidine rings is 1. The van der Waals surface area contributed by atoms with E-state index in [4.69, 9.17) is 4.74 Å². The van der Waals surface area contributed by atoms with Gasteiger partial charge >= 0.3 is 5.97 Å². The van der Waals surface area contributed by atoms with Crippen LogP contribution in [-0.2, 0) is 25.5 Å². The van der Waals surface area contributed by atoms with Crippen LogP contribution in [0.1, 0.15) is 57.2 Å². The second kappa shape index (κ2) is 11.3. The number of benzene rings is 1. The van der Waals surface area contributed by atoms with E-state index in [0.717, 1.165) is 12.8 Å². The molecule has 9 heteroatoms. The largest absolute Gasteiger partial charge is 0.545 e. The van der Waals surface area contributed by atoms with Crippen molar-refractivity contribution >= 4 is 28.8 Å². The zero-order valence-corrected chi connectivity index (χ0v) is 21.3. The number of carbonyl (C=O) groups is 3. The van der Waals surface area contributed by atoms with Gasteiger partial charge in [-0.15, -0.1) is 0 Å². The van der Waals surface area contributed by atoms with Crippen molar-refractivity contribution in [1.29, 1.82) is 0 Å². The molecule has 5 unspecified atom stereocenters. The minimum Gasteiger partial charge on any atom is -0.545 e. The Morgan fingerprint density at radius 3 is 2.31 bits per heavy atom. The van der Waals surface area contributed by atoms with Gasteiger partial charge < -0.3 is 39.1 Å².